The van der Waals surface area contributed by atoms with Crippen molar-refractivity contribution in [3.8, 4) is 11.4 Å². The molecule has 0 aliphatic heterocycles. The number of anilines is 2. The Morgan fingerprint density at radius 3 is 2.81 bits per heavy atom. The lowest BCUT2D eigenvalue weighted by Gasteiger charge is -2.00. The van der Waals surface area contributed by atoms with Crippen molar-refractivity contribution in [1.29, 1.82) is 0 Å². The highest BCUT2D eigenvalue weighted by Crippen LogP contribution is 2.30. The Balaban J connectivity index is 1.37. The zero-order chi connectivity index (χ0) is 17.8. The van der Waals surface area contributed by atoms with Gasteiger partial charge in [0.05, 0.1) is 5.75 Å². The van der Waals surface area contributed by atoms with Gasteiger partial charge in [0.25, 0.3) is 0 Å². The normalized spacial score (nSPS) is 10.8. The quantitative estimate of drug-likeness (QED) is 0.479. The molecular formula is C17H12FN5OS2. The number of nitrogens with one attached hydrogen (secondary N) is 1. The summed E-state index contributed by atoms with van der Waals surface area (Å²) in [6.07, 6.45) is 0. The van der Waals surface area contributed by atoms with Gasteiger partial charge in [0.2, 0.25) is 16.8 Å². The van der Waals surface area contributed by atoms with Crippen LogP contribution in [0.2, 0.25) is 0 Å². The van der Waals surface area contributed by atoms with E-state index in [2.05, 4.69) is 25.7 Å². The van der Waals surface area contributed by atoms with E-state index in [9.17, 15) is 4.39 Å². The molecule has 0 saturated heterocycles. The highest BCUT2D eigenvalue weighted by atomic mass is 32.2. The van der Waals surface area contributed by atoms with E-state index in [-0.39, 0.29) is 5.82 Å². The predicted molar refractivity (Wildman–Crippen MR) is 98.9 cm³/mol. The van der Waals surface area contributed by atoms with E-state index in [4.69, 9.17) is 4.52 Å². The Morgan fingerprint density at radius 1 is 1.08 bits per heavy atom. The van der Waals surface area contributed by atoms with E-state index in [1.54, 1.807) is 12.1 Å². The molecule has 0 aliphatic carbocycles. The molecule has 130 valence electrons. The summed E-state index contributed by atoms with van der Waals surface area (Å²) in [5.41, 5.74) is 1.53. The van der Waals surface area contributed by atoms with Crippen LogP contribution < -0.4 is 5.32 Å². The Labute approximate surface area is 156 Å². The van der Waals surface area contributed by atoms with Crippen molar-refractivity contribution < 1.29 is 8.91 Å². The maximum Gasteiger partial charge on any atom is 0.237 e. The number of benzene rings is 2. The van der Waals surface area contributed by atoms with Crippen LogP contribution in [0.4, 0.5) is 15.2 Å². The molecule has 4 rings (SSSR count). The Kier molecular flexibility index (Phi) is 4.89. The van der Waals surface area contributed by atoms with Crippen molar-refractivity contribution in [2.24, 2.45) is 0 Å². The lowest BCUT2D eigenvalue weighted by Crippen LogP contribution is -1.89. The van der Waals surface area contributed by atoms with Crippen LogP contribution in [-0.4, -0.2) is 20.3 Å². The molecule has 0 radical (unpaired) electrons. The maximum atomic E-state index is 13.2. The summed E-state index contributed by atoms with van der Waals surface area (Å²) in [6.45, 7) is 0. The van der Waals surface area contributed by atoms with E-state index < -0.39 is 0 Å². The fourth-order valence-corrected chi connectivity index (χ4v) is 3.76. The van der Waals surface area contributed by atoms with Crippen LogP contribution in [0.5, 0.6) is 0 Å². The summed E-state index contributed by atoms with van der Waals surface area (Å²) < 4.78 is 19.2. The second kappa shape index (κ2) is 7.63. The SMILES string of the molecule is Fc1cccc(Nc2nnc(SCc3nc(-c4ccccc4)no3)s2)c1. The van der Waals surface area contributed by atoms with Crippen LogP contribution in [0, 0.1) is 5.82 Å². The third kappa shape index (κ3) is 4.06. The summed E-state index contributed by atoms with van der Waals surface area (Å²) in [7, 11) is 0. The van der Waals surface area contributed by atoms with E-state index in [1.807, 2.05) is 30.3 Å². The monoisotopic (exact) mass is 385 g/mol. The third-order valence-electron chi connectivity index (χ3n) is 3.30. The second-order valence-electron chi connectivity index (χ2n) is 5.17. The zero-order valence-electron chi connectivity index (χ0n) is 13.3. The largest absolute Gasteiger partial charge is 0.338 e. The lowest BCUT2D eigenvalue weighted by atomic mass is 10.2. The Hall–Kier alpha value is -2.78. The number of aromatic nitrogens is 4. The van der Waals surface area contributed by atoms with E-state index in [0.29, 0.717) is 28.3 Å². The van der Waals surface area contributed by atoms with Crippen LogP contribution in [-0.2, 0) is 5.75 Å². The topological polar surface area (TPSA) is 76.7 Å². The van der Waals surface area contributed by atoms with Crippen LogP contribution in [0.25, 0.3) is 11.4 Å². The lowest BCUT2D eigenvalue weighted by molar-refractivity contribution is 0.391. The molecule has 6 nitrogen and oxygen atoms in total. The van der Waals surface area contributed by atoms with Gasteiger partial charge in [0.1, 0.15) is 5.82 Å². The van der Waals surface area contributed by atoms with Crippen LogP contribution >= 0.6 is 23.1 Å². The van der Waals surface area contributed by atoms with Crippen molar-refractivity contribution >= 4 is 33.9 Å². The van der Waals surface area contributed by atoms with Crippen molar-refractivity contribution in [3.63, 3.8) is 0 Å². The number of rotatable bonds is 6. The molecule has 0 fully saturated rings. The number of thioether (sulfide) groups is 1. The first-order chi connectivity index (χ1) is 12.8. The summed E-state index contributed by atoms with van der Waals surface area (Å²) in [5, 5.41) is 15.8. The number of nitrogens with zero attached hydrogens (tertiary/aromatic N) is 4. The molecule has 0 aliphatic rings. The smallest absolute Gasteiger partial charge is 0.237 e. The van der Waals surface area contributed by atoms with Gasteiger partial charge in [-0.15, -0.1) is 10.2 Å². The van der Waals surface area contributed by atoms with Gasteiger partial charge in [0, 0.05) is 11.3 Å². The summed E-state index contributed by atoms with van der Waals surface area (Å²) in [5.74, 6) is 1.27. The zero-order valence-corrected chi connectivity index (χ0v) is 14.9. The maximum absolute atomic E-state index is 13.2. The highest BCUT2D eigenvalue weighted by molar-refractivity contribution is 8.00. The molecule has 0 atom stereocenters. The van der Waals surface area contributed by atoms with Gasteiger partial charge < -0.3 is 9.84 Å². The predicted octanol–water partition coefficient (Wildman–Crippen LogP) is 4.76. The average Bonchev–Trinajstić information content (AvgIpc) is 3.30. The van der Waals surface area contributed by atoms with Crippen molar-refractivity contribution in [2.75, 3.05) is 5.32 Å². The van der Waals surface area contributed by atoms with Crippen molar-refractivity contribution in [1.82, 2.24) is 20.3 Å². The molecule has 0 saturated carbocycles. The number of halogens is 1. The fourth-order valence-electron chi connectivity index (χ4n) is 2.15. The van der Waals surface area contributed by atoms with Gasteiger partial charge in [-0.2, -0.15) is 4.98 Å². The van der Waals surface area contributed by atoms with Gasteiger partial charge in [-0.25, -0.2) is 4.39 Å². The number of hydrogen-bond donors (Lipinski definition) is 1. The first kappa shape index (κ1) is 16.7. The standard InChI is InChI=1S/C17H12FN5OS2/c18-12-7-4-8-13(9-12)19-16-21-22-17(26-16)25-10-14-20-15(23-24-14)11-5-2-1-3-6-11/h1-9H,10H2,(H,19,21). The van der Waals surface area contributed by atoms with E-state index in [1.165, 1.54) is 35.2 Å². The third-order valence-corrected chi connectivity index (χ3v) is 5.26. The van der Waals surface area contributed by atoms with Gasteiger partial charge >= 0.3 is 0 Å². The molecule has 2 heterocycles. The van der Waals surface area contributed by atoms with Gasteiger partial charge in [-0.3, -0.25) is 0 Å². The summed E-state index contributed by atoms with van der Waals surface area (Å²) >= 11 is 2.82. The van der Waals surface area contributed by atoms with Gasteiger partial charge in [0.15, 0.2) is 4.34 Å². The van der Waals surface area contributed by atoms with Crippen LogP contribution in [0.15, 0.2) is 63.5 Å². The van der Waals surface area contributed by atoms with Gasteiger partial charge in [-0.1, -0.05) is 64.7 Å². The minimum absolute atomic E-state index is 0.306. The molecule has 26 heavy (non-hydrogen) atoms. The van der Waals surface area contributed by atoms with E-state index >= 15 is 0 Å². The average molecular weight is 385 g/mol. The summed E-state index contributed by atoms with van der Waals surface area (Å²) in [4.78, 5) is 4.38. The Bertz CT molecular complexity index is 1010. The molecule has 0 amide bonds. The minimum atomic E-state index is -0.306. The highest BCUT2D eigenvalue weighted by Gasteiger charge is 2.11. The molecular weight excluding hydrogens is 373 g/mol. The molecule has 2 aromatic heterocycles. The molecule has 0 unspecified atom stereocenters. The molecule has 2 aromatic carbocycles. The molecule has 1 N–H and O–H groups in total. The van der Waals surface area contributed by atoms with Crippen LogP contribution in [0.3, 0.4) is 0 Å². The fraction of sp³-hybridized carbons (Fsp3) is 0.0588. The molecule has 0 spiro atoms. The van der Waals surface area contributed by atoms with Crippen LogP contribution in [0.1, 0.15) is 5.89 Å². The number of hydrogen-bond acceptors (Lipinski definition) is 8. The summed E-state index contributed by atoms with van der Waals surface area (Å²) in [6, 6.07) is 15.8. The molecule has 4 aromatic rings. The minimum Gasteiger partial charge on any atom is -0.338 e. The van der Waals surface area contributed by atoms with Crippen molar-refractivity contribution in [3.05, 3.63) is 66.3 Å². The molecule has 0 bridgehead atoms. The van der Waals surface area contributed by atoms with Gasteiger partial charge in [-0.05, 0) is 18.2 Å². The second-order valence-corrected chi connectivity index (χ2v) is 7.37. The van der Waals surface area contributed by atoms with E-state index in [0.717, 1.165) is 9.90 Å². The molecule has 9 heteroatoms. The Morgan fingerprint density at radius 2 is 1.96 bits per heavy atom. The first-order valence-corrected chi connectivity index (χ1v) is 9.43. The van der Waals surface area contributed by atoms with Crippen molar-refractivity contribution in [2.45, 2.75) is 10.1 Å². The first-order valence-electron chi connectivity index (χ1n) is 7.63.